The molecule has 1 saturated heterocycles. The van der Waals surface area contributed by atoms with Gasteiger partial charge < -0.3 is 10.1 Å². The van der Waals surface area contributed by atoms with Crippen LogP contribution in [0.3, 0.4) is 0 Å². The van der Waals surface area contributed by atoms with E-state index in [9.17, 15) is 0 Å². The second kappa shape index (κ2) is 6.06. The lowest BCUT2D eigenvalue weighted by atomic mass is 9.78. The fourth-order valence-corrected chi connectivity index (χ4v) is 3.56. The van der Waals surface area contributed by atoms with Crippen LogP contribution in [0, 0.1) is 0 Å². The predicted octanol–water partition coefficient (Wildman–Crippen LogP) is 2.35. The average Bonchev–Trinajstić information content (AvgIpc) is 2.93. The van der Waals surface area contributed by atoms with Gasteiger partial charge in [0.05, 0.1) is 12.1 Å². The molecule has 0 radical (unpaired) electrons. The van der Waals surface area contributed by atoms with Gasteiger partial charge in [-0.2, -0.15) is 5.10 Å². The van der Waals surface area contributed by atoms with Gasteiger partial charge in [-0.05, 0) is 31.7 Å². The molecule has 4 nitrogen and oxygen atoms in total. The van der Waals surface area contributed by atoms with E-state index in [0.717, 1.165) is 26.1 Å². The third-order valence-electron chi connectivity index (χ3n) is 4.59. The van der Waals surface area contributed by atoms with Crippen molar-refractivity contribution >= 4 is 0 Å². The molecule has 3 rings (SSSR count). The van der Waals surface area contributed by atoms with E-state index in [1.54, 1.807) is 0 Å². The number of hydrogen-bond acceptors (Lipinski definition) is 3. The third-order valence-corrected chi connectivity index (χ3v) is 4.59. The van der Waals surface area contributed by atoms with Crippen molar-refractivity contribution in [1.82, 2.24) is 15.1 Å². The first-order valence-electron chi connectivity index (χ1n) is 7.71. The van der Waals surface area contributed by atoms with E-state index in [1.165, 1.54) is 38.5 Å². The lowest BCUT2D eigenvalue weighted by Gasteiger charge is -2.43. The van der Waals surface area contributed by atoms with Crippen molar-refractivity contribution in [2.75, 3.05) is 13.2 Å². The van der Waals surface area contributed by atoms with Gasteiger partial charge in [-0.15, -0.1) is 0 Å². The molecule has 1 unspecified atom stereocenters. The molecule has 2 fully saturated rings. The molecule has 1 aliphatic carbocycles. The molecule has 0 amide bonds. The summed E-state index contributed by atoms with van der Waals surface area (Å²) in [5.41, 5.74) is 0.208. The summed E-state index contributed by atoms with van der Waals surface area (Å²) in [6.07, 6.45) is 12.8. The van der Waals surface area contributed by atoms with Crippen LogP contribution in [0.15, 0.2) is 18.5 Å². The smallest absolute Gasteiger partial charge is 0.0697 e. The van der Waals surface area contributed by atoms with Crippen LogP contribution in [-0.4, -0.2) is 34.6 Å². The number of nitrogens with zero attached hydrogens (tertiary/aromatic N) is 2. The van der Waals surface area contributed by atoms with Crippen molar-refractivity contribution in [3.63, 3.8) is 0 Å². The van der Waals surface area contributed by atoms with Crippen molar-refractivity contribution in [3.8, 4) is 0 Å². The monoisotopic (exact) mass is 263 g/mol. The molecule has 1 atom stereocenters. The van der Waals surface area contributed by atoms with Gasteiger partial charge in [0.2, 0.25) is 0 Å². The molecule has 1 saturated carbocycles. The molecule has 2 heterocycles. The van der Waals surface area contributed by atoms with Crippen LogP contribution in [0.2, 0.25) is 0 Å². The summed E-state index contributed by atoms with van der Waals surface area (Å²) in [4.78, 5) is 0. The van der Waals surface area contributed by atoms with Gasteiger partial charge in [-0.1, -0.05) is 19.3 Å². The largest absolute Gasteiger partial charge is 0.375 e. The number of nitrogens with one attached hydrogen (secondary N) is 1. The predicted molar refractivity (Wildman–Crippen MR) is 75.0 cm³/mol. The Morgan fingerprint density at radius 3 is 3.00 bits per heavy atom. The van der Waals surface area contributed by atoms with Crippen molar-refractivity contribution < 1.29 is 4.74 Å². The summed E-state index contributed by atoms with van der Waals surface area (Å²) >= 11 is 0. The minimum absolute atomic E-state index is 0.208. The van der Waals surface area contributed by atoms with Gasteiger partial charge in [0.1, 0.15) is 0 Å². The maximum Gasteiger partial charge on any atom is 0.0697 e. The quantitative estimate of drug-likeness (QED) is 0.906. The van der Waals surface area contributed by atoms with Gasteiger partial charge in [-0.25, -0.2) is 0 Å². The zero-order valence-corrected chi connectivity index (χ0v) is 11.7. The summed E-state index contributed by atoms with van der Waals surface area (Å²) in [5.74, 6) is 0. The molecule has 106 valence electrons. The highest BCUT2D eigenvalue weighted by atomic mass is 16.5. The zero-order chi connectivity index (χ0) is 13.0. The van der Waals surface area contributed by atoms with Crippen molar-refractivity contribution in [2.24, 2.45) is 0 Å². The fourth-order valence-electron chi connectivity index (χ4n) is 3.56. The second-order valence-corrected chi connectivity index (χ2v) is 6.01. The lowest BCUT2D eigenvalue weighted by Crippen LogP contribution is -2.48. The van der Waals surface area contributed by atoms with Crippen LogP contribution in [0.5, 0.6) is 0 Å². The van der Waals surface area contributed by atoms with E-state index in [-0.39, 0.29) is 5.60 Å². The molecular weight excluding hydrogens is 238 g/mol. The van der Waals surface area contributed by atoms with E-state index in [1.807, 2.05) is 23.1 Å². The summed E-state index contributed by atoms with van der Waals surface area (Å²) in [6, 6.07) is 2.60. The Balaban J connectivity index is 1.45. The van der Waals surface area contributed by atoms with Gasteiger partial charge in [0.25, 0.3) is 0 Å². The molecular formula is C15H25N3O. The van der Waals surface area contributed by atoms with E-state index in [2.05, 4.69) is 10.4 Å². The van der Waals surface area contributed by atoms with Crippen molar-refractivity contribution in [1.29, 1.82) is 0 Å². The SMILES string of the molecule is c1cnn(CCNC2CCOC3(CCCCC3)C2)c1. The maximum atomic E-state index is 6.13. The molecule has 1 N–H and O–H groups in total. The topological polar surface area (TPSA) is 39.1 Å². The van der Waals surface area contributed by atoms with E-state index >= 15 is 0 Å². The summed E-state index contributed by atoms with van der Waals surface area (Å²) < 4.78 is 8.12. The molecule has 0 aromatic carbocycles. The highest BCUT2D eigenvalue weighted by Crippen LogP contribution is 2.38. The molecule has 4 heteroatoms. The Kier molecular flexibility index (Phi) is 4.18. The Morgan fingerprint density at radius 1 is 1.32 bits per heavy atom. The van der Waals surface area contributed by atoms with Crippen LogP contribution in [0.1, 0.15) is 44.9 Å². The number of ether oxygens (including phenoxy) is 1. The normalized spacial score (nSPS) is 26.6. The first-order chi connectivity index (χ1) is 9.36. The zero-order valence-electron chi connectivity index (χ0n) is 11.7. The van der Waals surface area contributed by atoms with E-state index in [4.69, 9.17) is 4.74 Å². The van der Waals surface area contributed by atoms with Crippen molar-refractivity contribution in [2.45, 2.75) is 63.1 Å². The van der Waals surface area contributed by atoms with Crippen LogP contribution >= 0.6 is 0 Å². The van der Waals surface area contributed by atoms with Crippen LogP contribution in [0.25, 0.3) is 0 Å². The number of aromatic nitrogens is 2. The molecule has 0 bridgehead atoms. The second-order valence-electron chi connectivity index (χ2n) is 6.01. The van der Waals surface area contributed by atoms with Gasteiger partial charge >= 0.3 is 0 Å². The minimum Gasteiger partial charge on any atom is -0.375 e. The Bertz CT molecular complexity index is 365. The highest BCUT2D eigenvalue weighted by molar-refractivity contribution is 4.92. The molecule has 19 heavy (non-hydrogen) atoms. The van der Waals surface area contributed by atoms with Crippen LogP contribution in [-0.2, 0) is 11.3 Å². The Morgan fingerprint density at radius 2 is 2.21 bits per heavy atom. The Labute approximate surface area is 115 Å². The molecule has 1 aliphatic heterocycles. The van der Waals surface area contributed by atoms with Crippen LogP contribution < -0.4 is 5.32 Å². The standard InChI is InChI=1S/C15H25N3O/c1-2-6-15(7-3-1)13-14(5-12-19-15)16-9-11-18-10-4-8-17-18/h4,8,10,14,16H,1-3,5-7,9,11-13H2. The summed E-state index contributed by atoms with van der Waals surface area (Å²) in [5, 5.41) is 7.92. The fraction of sp³-hybridized carbons (Fsp3) is 0.800. The molecule has 1 aromatic heterocycles. The van der Waals surface area contributed by atoms with Gasteiger partial charge in [0.15, 0.2) is 0 Å². The number of rotatable bonds is 4. The highest BCUT2D eigenvalue weighted by Gasteiger charge is 2.38. The van der Waals surface area contributed by atoms with Crippen molar-refractivity contribution in [3.05, 3.63) is 18.5 Å². The van der Waals surface area contributed by atoms with E-state index in [0.29, 0.717) is 6.04 Å². The first-order valence-corrected chi connectivity index (χ1v) is 7.71. The maximum absolute atomic E-state index is 6.13. The molecule has 1 spiro atoms. The Hall–Kier alpha value is -0.870. The van der Waals surface area contributed by atoms with Gasteiger partial charge in [-0.3, -0.25) is 4.68 Å². The summed E-state index contributed by atoms with van der Waals surface area (Å²) in [7, 11) is 0. The van der Waals surface area contributed by atoms with E-state index < -0.39 is 0 Å². The summed E-state index contributed by atoms with van der Waals surface area (Å²) in [6.45, 7) is 2.89. The molecule has 2 aliphatic rings. The number of hydrogen-bond donors (Lipinski definition) is 1. The minimum atomic E-state index is 0.208. The van der Waals surface area contributed by atoms with Crippen LogP contribution in [0.4, 0.5) is 0 Å². The third kappa shape index (κ3) is 3.37. The first kappa shape index (κ1) is 13.1. The van der Waals surface area contributed by atoms with Gasteiger partial charge in [0, 0.05) is 31.6 Å². The lowest BCUT2D eigenvalue weighted by molar-refractivity contribution is -0.109. The average molecular weight is 263 g/mol. The molecule has 1 aromatic rings.